The predicted molar refractivity (Wildman–Crippen MR) is 125 cm³/mol. The van der Waals surface area contributed by atoms with Crippen LogP contribution < -0.4 is 5.32 Å². The molecule has 0 spiro atoms. The van der Waals surface area contributed by atoms with E-state index in [1.165, 1.54) is 22.9 Å². The smallest absolute Gasteiger partial charge is 0.264 e. The van der Waals surface area contributed by atoms with Crippen molar-refractivity contribution in [3.05, 3.63) is 85.9 Å². The van der Waals surface area contributed by atoms with Gasteiger partial charge in [0, 0.05) is 11.6 Å². The van der Waals surface area contributed by atoms with Crippen LogP contribution in [0.15, 0.2) is 62.8 Å². The van der Waals surface area contributed by atoms with E-state index in [9.17, 15) is 4.79 Å². The van der Waals surface area contributed by atoms with Gasteiger partial charge in [-0.2, -0.15) is 0 Å². The number of amidine groups is 1. The van der Waals surface area contributed by atoms with Crippen molar-refractivity contribution >= 4 is 52.1 Å². The second-order valence-corrected chi connectivity index (χ2v) is 8.80. The van der Waals surface area contributed by atoms with Crippen molar-refractivity contribution in [2.45, 2.75) is 20.4 Å². The fourth-order valence-electron chi connectivity index (χ4n) is 3.22. The Bertz CT molecular complexity index is 1180. The van der Waals surface area contributed by atoms with E-state index in [1.54, 1.807) is 24.3 Å². The Morgan fingerprint density at radius 3 is 2.63 bits per heavy atom. The van der Waals surface area contributed by atoms with Gasteiger partial charge < -0.3 is 9.73 Å². The highest BCUT2D eigenvalue weighted by Crippen LogP contribution is 2.35. The van der Waals surface area contributed by atoms with Crippen LogP contribution in [0.1, 0.15) is 22.5 Å². The topological polar surface area (TPSA) is 54.6 Å². The molecule has 1 aliphatic heterocycles. The molecule has 0 radical (unpaired) electrons. The summed E-state index contributed by atoms with van der Waals surface area (Å²) in [5, 5.41) is 4.27. The van der Waals surface area contributed by atoms with Gasteiger partial charge in [0.25, 0.3) is 5.91 Å². The average Bonchev–Trinajstić information content (AvgIpc) is 3.29. The molecule has 0 unspecified atom stereocenters. The number of hydrogen-bond donors (Lipinski definition) is 1. The lowest BCUT2D eigenvalue weighted by Crippen LogP contribution is -2.19. The van der Waals surface area contributed by atoms with Crippen molar-refractivity contribution in [2.24, 2.45) is 4.99 Å². The SMILES string of the molecule is Cc1cc(C)cc(CN=C2NC(=O)/C(=C/c3ccc(-c4cccc(Cl)c4Cl)o3)S2)c1. The lowest BCUT2D eigenvalue weighted by atomic mass is 10.1. The molecule has 0 aliphatic carbocycles. The lowest BCUT2D eigenvalue weighted by molar-refractivity contribution is -0.115. The number of aliphatic imine (C=N–C) groups is 1. The van der Waals surface area contributed by atoms with Gasteiger partial charge in [-0.05, 0) is 55.4 Å². The number of hydrogen-bond acceptors (Lipinski definition) is 4. The number of thioether (sulfide) groups is 1. The van der Waals surface area contributed by atoms with E-state index in [1.807, 2.05) is 12.1 Å². The largest absolute Gasteiger partial charge is 0.457 e. The van der Waals surface area contributed by atoms with Gasteiger partial charge in [-0.15, -0.1) is 0 Å². The minimum Gasteiger partial charge on any atom is -0.457 e. The van der Waals surface area contributed by atoms with Gasteiger partial charge in [0.1, 0.15) is 11.5 Å². The molecule has 2 aromatic carbocycles. The Kier molecular flexibility index (Phi) is 6.04. The molecule has 0 saturated carbocycles. The summed E-state index contributed by atoms with van der Waals surface area (Å²) in [6.45, 7) is 4.63. The fourth-order valence-corrected chi connectivity index (χ4v) is 4.42. The summed E-state index contributed by atoms with van der Waals surface area (Å²) in [6, 6.07) is 15.3. The van der Waals surface area contributed by atoms with Crippen molar-refractivity contribution in [2.75, 3.05) is 0 Å². The summed E-state index contributed by atoms with van der Waals surface area (Å²) in [5.41, 5.74) is 4.21. The maximum Gasteiger partial charge on any atom is 0.264 e. The van der Waals surface area contributed by atoms with E-state index in [2.05, 4.69) is 42.4 Å². The van der Waals surface area contributed by atoms with Crippen molar-refractivity contribution in [1.82, 2.24) is 5.32 Å². The van der Waals surface area contributed by atoms with Gasteiger partial charge >= 0.3 is 0 Å². The average molecular weight is 457 g/mol. The zero-order chi connectivity index (χ0) is 21.3. The van der Waals surface area contributed by atoms with Gasteiger partial charge in [0.2, 0.25) is 0 Å². The summed E-state index contributed by atoms with van der Waals surface area (Å²) >= 11 is 13.6. The molecule has 1 amide bonds. The molecular weight excluding hydrogens is 439 g/mol. The molecule has 1 fully saturated rings. The highest BCUT2D eigenvalue weighted by Gasteiger charge is 2.24. The maximum atomic E-state index is 12.3. The summed E-state index contributed by atoms with van der Waals surface area (Å²) in [6.07, 6.45) is 1.70. The van der Waals surface area contributed by atoms with E-state index < -0.39 is 0 Å². The molecule has 7 heteroatoms. The predicted octanol–water partition coefficient (Wildman–Crippen LogP) is 6.63. The first kappa shape index (κ1) is 20.8. The molecule has 0 bridgehead atoms. The van der Waals surface area contributed by atoms with Gasteiger partial charge in [-0.3, -0.25) is 9.79 Å². The van der Waals surface area contributed by atoms with Crippen LogP contribution in [0, 0.1) is 13.8 Å². The molecule has 1 aromatic heterocycles. The van der Waals surface area contributed by atoms with Crippen LogP contribution in [0.4, 0.5) is 0 Å². The zero-order valence-corrected chi connectivity index (χ0v) is 18.7. The van der Waals surface area contributed by atoms with Crippen LogP contribution >= 0.6 is 35.0 Å². The second-order valence-electron chi connectivity index (χ2n) is 6.99. The number of nitrogens with zero attached hydrogens (tertiary/aromatic N) is 1. The van der Waals surface area contributed by atoms with E-state index in [-0.39, 0.29) is 5.91 Å². The first-order chi connectivity index (χ1) is 14.4. The Hall–Kier alpha value is -2.47. The number of rotatable bonds is 4. The Balaban J connectivity index is 1.50. The molecule has 1 N–H and O–H groups in total. The van der Waals surface area contributed by atoms with E-state index in [0.717, 1.165) is 5.56 Å². The van der Waals surface area contributed by atoms with Crippen molar-refractivity contribution in [3.8, 4) is 11.3 Å². The van der Waals surface area contributed by atoms with Crippen LogP contribution in [0.5, 0.6) is 0 Å². The first-order valence-corrected chi connectivity index (χ1v) is 10.8. The molecule has 3 aromatic rings. The van der Waals surface area contributed by atoms with Crippen LogP contribution in [0.25, 0.3) is 17.4 Å². The minimum absolute atomic E-state index is 0.196. The lowest BCUT2D eigenvalue weighted by Gasteiger charge is -2.02. The standard InChI is InChI=1S/C23H18Cl2N2O2S/c1-13-8-14(2)10-15(9-13)12-26-23-27-22(28)20(30-23)11-16-6-7-19(29-16)17-4-3-5-18(24)21(17)25/h3-11H,12H2,1-2H3,(H,26,27,28)/b20-11-. The number of aryl methyl sites for hydroxylation is 2. The number of carbonyl (C=O) groups is 1. The number of carbonyl (C=O) groups excluding carboxylic acids is 1. The van der Waals surface area contributed by atoms with Crippen molar-refractivity contribution in [3.63, 3.8) is 0 Å². The number of halogens is 2. The molecule has 30 heavy (non-hydrogen) atoms. The quantitative estimate of drug-likeness (QED) is 0.448. The third-order valence-corrected chi connectivity index (χ3v) is 6.22. The number of furan rings is 1. The third-order valence-electron chi connectivity index (χ3n) is 4.45. The second kappa shape index (κ2) is 8.72. The number of benzene rings is 2. The van der Waals surface area contributed by atoms with Gasteiger partial charge in [0.05, 0.1) is 21.5 Å². The van der Waals surface area contributed by atoms with Crippen molar-refractivity contribution in [1.29, 1.82) is 0 Å². The van der Waals surface area contributed by atoms with E-state index in [0.29, 0.717) is 43.7 Å². The monoisotopic (exact) mass is 456 g/mol. The van der Waals surface area contributed by atoms with E-state index >= 15 is 0 Å². The molecule has 0 atom stereocenters. The van der Waals surface area contributed by atoms with Gasteiger partial charge in [-0.25, -0.2) is 0 Å². The summed E-state index contributed by atoms with van der Waals surface area (Å²) in [7, 11) is 0. The minimum atomic E-state index is -0.196. The highest BCUT2D eigenvalue weighted by molar-refractivity contribution is 8.18. The molecular formula is C23H18Cl2N2O2S. The first-order valence-electron chi connectivity index (χ1n) is 9.26. The molecule has 152 valence electrons. The number of nitrogens with one attached hydrogen (secondary N) is 1. The Labute approximate surface area is 189 Å². The zero-order valence-electron chi connectivity index (χ0n) is 16.3. The van der Waals surface area contributed by atoms with Crippen LogP contribution in [-0.4, -0.2) is 11.1 Å². The van der Waals surface area contributed by atoms with Crippen LogP contribution in [-0.2, 0) is 11.3 Å². The fraction of sp³-hybridized carbons (Fsp3) is 0.130. The summed E-state index contributed by atoms with van der Waals surface area (Å²) in [5.74, 6) is 0.939. The Morgan fingerprint density at radius 1 is 1.10 bits per heavy atom. The molecule has 1 aliphatic rings. The van der Waals surface area contributed by atoms with Crippen LogP contribution in [0.2, 0.25) is 10.0 Å². The molecule has 2 heterocycles. The molecule has 1 saturated heterocycles. The third kappa shape index (κ3) is 4.64. The highest BCUT2D eigenvalue weighted by atomic mass is 35.5. The maximum absolute atomic E-state index is 12.3. The van der Waals surface area contributed by atoms with E-state index in [4.69, 9.17) is 27.6 Å². The molecule has 4 nitrogen and oxygen atoms in total. The molecule has 4 rings (SSSR count). The van der Waals surface area contributed by atoms with Crippen LogP contribution in [0.3, 0.4) is 0 Å². The Morgan fingerprint density at radius 2 is 1.87 bits per heavy atom. The van der Waals surface area contributed by atoms with Crippen molar-refractivity contribution < 1.29 is 9.21 Å². The van der Waals surface area contributed by atoms with Gasteiger partial charge in [-0.1, -0.05) is 58.6 Å². The summed E-state index contributed by atoms with van der Waals surface area (Å²) in [4.78, 5) is 17.4. The number of amides is 1. The van der Waals surface area contributed by atoms with Gasteiger partial charge in [0.15, 0.2) is 5.17 Å². The normalized spacial score (nSPS) is 16.5. The summed E-state index contributed by atoms with van der Waals surface area (Å²) < 4.78 is 5.85.